The Labute approximate surface area is 164 Å². The van der Waals surface area contributed by atoms with Gasteiger partial charge in [-0.15, -0.1) is 0 Å². The molecule has 146 valence electrons. The van der Waals surface area contributed by atoms with E-state index in [-0.39, 0.29) is 24.2 Å². The standard InChI is InChI=1S/C23H25NO4/c1-4-18-12-23(26)28-21-13-19(10-11-20(18)21)27-15-22(25)24(16(2)3)14-17-8-6-5-7-9-17/h5-13,16H,4,14-15H2,1-3H3. The Kier molecular flexibility index (Phi) is 6.14. The van der Waals surface area contributed by atoms with Crippen LogP contribution >= 0.6 is 0 Å². The second kappa shape index (κ2) is 8.74. The van der Waals surface area contributed by atoms with Crippen molar-refractivity contribution in [2.24, 2.45) is 0 Å². The molecule has 0 saturated carbocycles. The van der Waals surface area contributed by atoms with E-state index in [0.717, 1.165) is 22.9 Å². The van der Waals surface area contributed by atoms with Crippen molar-refractivity contribution >= 4 is 16.9 Å². The van der Waals surface area contributed by atoms with Crippen molar-refractivity contribution in [2.75, 3.05) is 6.61 Å². The molecule has 5 nitrogen and oxygen atoms in total. The Bertz CT molecular complexity index is 1010. The summed E-state index contributed by atoms with van der Waals surface area (Å²) >= 11 is 0. The van der Waals surface area contributed by atoms with Gasteiger partial charge in [0.1, 0.15) is 11.3 Å². The van der Waals surface area contributed by atoms with E-state index in [4.69, 9.17) is 9.15 Å². The van der Waals surface area contributed by atoms with Gasteiger partial charge in [-0.25, -0.2) is 4.79 Å². The van der Waals surface area contributed by atoms with Crippen molar-refractivity contribution < 1.29 is 13.9 Å². The molecule has 3 rings (SSSR count). The van der Waals surface area contributed by atoms with Crippen molar-refractivity contribution in [3.05, 3.63) is 76.1 Å². The van der Waals surface area contributed by atoms with Crippen molar-refractivity contribution in [1.29, 1.82) is 0 Å². The van der Waals surface area contributed by atoms with Crippen LogP contribution in [-0.2, 0) is 17.8 Å². The van der Waals surface area contributed by atoms with Gasteiger partial charge in [0.15, 0.2) is 6.61 Å². The summed E-state index contributed by atoms with van der Waals surface area (Å²) in [5.41, 5.74) is 2.09. The molecule has 5 heteroatoms. The summed E-state index contributed by atoms with van der Waals surface area (Å²) in [5.74, 6) is 0.406. The van der Waals surface area contributed by atoms with Crippen LogP contribution in [0.1, 0.15) is 31.9 Å². The quantitative estimate of drug-likeness (QED) is 0.578. The Hall–Kier alpha value is -3.08. The van der Waals surface area contributed by atoms with Crippen LogP contribution < -0.4 is 10.4 Å². The van der Waals surface area contributed by atoms with Gasteiger partial charge in [-0.3, -0.25) is 4.79 Å². The van der Waals surface area contributed by atoms with Gasteiger partial charge in [-0.05, 0) is 43.5 Å². The van der Waals surface area contributed by atoms with Gasteiger partial charge in [0, 0.05) is 30.1 Å². The topological polar surface area (TPSA) is 59.8 Å². The number of nitrogens with zero attached hydrogens (tertiary/aromatic N) is 1. The zero-order valence-electron chi connectivity index (χ0n) is 16.5. The maximum absolute atomic E-state index is 12.7. The number of amides is 1. The van der Waals surface area contributed by atoms with Crippen LogP contribution in [0.4, 0.5) is 0 Å². The minimum absolute atomic E-state index is 0.0537. The average molecular weight is 379 g/mol. The van der Waals surface area contributed by atoms with E-state index in [1.807, 2.05) is 57.2 Å². The maximum atomic E-state index is 12.7. The Morgan fingerprint density at radius 2 is 1.86 bits per heavy atom. The zero-order valence-corrected chi connectivity index (χ0v) is 16.5. The van der Waals surface area contributed by atoms with Gasteiger partial charge in [0.25, 0.3) is 5.91 Å². The molecule has 3 aromatic rings. The lowest BCUT2D eigenvalue weighted by Gasteiger charge is -2.27. The fourth-order valence-electron chi connectivity index (χ4n) is 3.16. The van der Waals surface area contributed by atoms with Gasteiger partial charge in [0.05, 0.1) is 0 Å². The average Bonchev–Trinajstić information content (AvgIpc) is 2.69. The predicted molar refractivity (Wildman–Crippen MR) is 109 cm³/mol. The molecule has 0 aliphatic rings. The van der Waals surface area contributed by atoms with Crippen molar-refractivity contribution in [1.82, 2.24) is 4.90 Å². The SMILES string of the molecule is CCc1cc(=O)oc2cc(OCC(=O)N(Cc3ccccc3)C(C)C)ccc12. The van der Waals surface area contributed by atoms with E-state index in [1.54, 1.807) is 17.0 Å². The first kappa shape index (κ1) is 19.7. The first-order valence-corrected chi connectivity index (χ1v) is 9.51. The van der Waals surface area contributed by atoms with Crippen LogP contribution in [-0.4, -0.2) is 23.5 Å². The van der Waals surface area contributed by atoms with Crippen LogP contribution in [0.5, 0.6) is 5.75 Å². The zero-order chi connectivity index (χ0) is 20.1. The van der Waals surface area contributed by atoms with Gasteiger partial charge in [-0.1, -0.05) is 37.3 Å². The summed E-state index contributed by atoms with van der Waals surface area (Å²) in [6.45, 7) is 6.42. The summed E-state index contributed by atoms with van der Waals surface area (Å²) in [6, 6.07) is 16.8. The molecule has 0 unspecified atom stereocenters. The minimum Gasteiger partial charge on any atom is -0.484 e. The summed E-state index contributed by atoms with van der Waals surface area (Å²) < 4.78 is 11.0. The number of aryl methyl sites for hydroxylation is 1. The van der Waals surface area contributed by atoms with E-state index in [0.29, 0.717) is 17.9 Å². The predicted octanol–water partition coefficient (Wildman–Crippen LogP) is 4.17. The Morgan fingerprint density at radius 3 is 2.54 bits per heavy atom. The summed E-state index contributed by atoms with van der Waals surface area (Å²) in [6.07, 6.45) is 0.740. The van der Waals surface area contributed by atoms with Crippen LogP contribution in [0, 0.1) is 0 Å². The molecule has 0 bridgehead atoms. The largest absolute Gasteiger partial charge is 0.484 e. The lowest BCUT2D eigenvalue weighted by Crippen LogP contribution is -2.39. The highest BCUT2D eigenvalue weighted by Gasteiger charge is 2.18. The third-order valence-electron chi connectivity index (χ3n) is 4.68. The van der Waals surface area contributed by atoms with Gasteiger partial charge >= 0.3 is 5.63 Å². The molecule has 0 radical (unpaired) electrons. The molecule has 0 aliphatic carbocycles. The molecule has 1 heterocycles. The molecule has 1 aromatic heterocycles. The molecular formula is C23H25NO4. The molecule has 0 atom stereocenters. The number of carbonyl (C=O) groups is 1. The van der Waals surface area contributed by atoms with E-state index in [2.05, 4.69) is 0 Å². The number of carbonyl (C=O) groups excluding carboxylic acids is 1. The molecule has 0 fully saturated rings. The third-order valence-corrected chi connectivity index (χ3v) is 4.68. The second-order valence-corrected chi connectivity index (χ2v) is 6.99. The molecule has 28 heavy (non-hydrogen) atoms. The Morgan fingerprint density at radius 1 is 1.11 bits per heavy atom. The molecule has 2 aromatic carbocycles. The second-order valence-electron chi connectivity index (χ2n) is 6.99. The number of rotatable bonds is 7. The van der Waals surface area contributed by atoms with E-state index < -0.39 is 0 Å². The number of fused-ring (bicyclic) bond motifs is 1. The van der Waals surface area contributed by atoms with Crippen molar-refractivity contribution in [3.63, 3.8) is 0 Å². The van der Waals surface area contributed by atoms with Gasteiger partial charge in [0.2, 0.25) is 0 Å². The number of benzene rings is 2. The lowest BCUT2D eigenvalue weighted by atomic mass is 10.1. The molecule has 0 aliphatic heterocycles. The van der Waals surface area contributed by atoms with Gasteiger partial charge in [-0.2, -0.15) is 0 Å². The number of hydrogen-bond donors (Lipinski definition) is 0. The van der Waals surface area contributed by atoms with Gasteiger partial charge < -0.3 is 14.1 Å². The Balaban J connectivity index is 1.73. The summed E-state index contributed by atoms with van der Waals surface area (Å²) in [5, 5.41) is 0.883. The van der Waals surface area contributed by atoms with Crippen LogP contribution in [0.2, 0.25) is 0 Å². The fourth-order valence-corrected chi connectivity index (χ4v) is 3.16. The first-order valence-electron chi connectivity index (χ1n) is 9.51. The monoisotopic (exact) mass is 379 g/mol. The molecular weight excluding hydrogens is 354 g/mol. The molecule has 0 N–H and O–H groups in total. The van der Waals surface area contributed by atoms with Crippen molar-refractivity contribution in [2.45, 2.75) is 39.8 Å². The normalized spacial score (nSPS) is 11.0. The molecule has 0 saturated heterocycles. The third kappa shape index (κ3) is 4.60. The molecule has 0 spiro atoms. The number of ether oxygens (including phenoxy) is 1. The van der Waals surface area contributed by atoms with Crippen LogP contribution in [0.15, 0.2) is 63.8 Å². The van der Waals surface area contributed by atoms with E-state index >= 15 is 0 Å². The van der Waals surface area contributed by atoms with Crippen LogP contribution in [0.25, 0.3) is 11.0 Å². The van der Waals surface area contributed by atoms with E-state index in [9.17, 15) is 9.59 Å². The number of hydrogen-bond acceptors (Lipinski definition) is 4. The highest BCUT2D eigenvalue weighted by molar-refractivity contribution is 5.82. The molecule has 1 amide bonds. The minimum atomic E-state index is -0.383. The summed E-state index contributed by atoms with van der Waals surface area (Å²) in [7, 11) is 0. The highest BCUT2D eigenvalue weighted by Crippen LogP contribution is 2.23. The van der Waals surface area contributed by atoms with Crippen molar-refractivity contribution in [3.8, 4) is 5.75 Å². The fraction of sp³-hybridized carbons (Fsp3) is 0.304. The van der Waals surface area contributed by atoms with E-state index in [1.165, 1.54) is 6.07 Å². The lowest BCUT2D eigenvalue weighted by molar-refractivity contribution is -0.135. The maximum Gasteiger partial charge on any atom is 0.336 e. The van der Waals surface area contributed by atoms with Crippen LogP contribution in [0.3, 0.4) is 0 Å². The smallest absolute Gasteiger partial charge is 0.336 e. The first-order chi connectivity index (χ1) is 13.5. The highest BCUT2D eigenvalue weighted by atomic mass is 16.5. The summed E-state index contributed by atoms with van der Waals surface area (Å²) in [4.78, 5) is 26.2.